The normalized spacial score (nSPS) is 10.1. The smallest absolute Gasteiger partial charge is 0.189 e. The molecule has 0 fully saturated rings. The Morgan fingerprint density at radius 2 is 1.94 bits per heavy atom. The van der Waals surface area contributed by atoms with Crippen molar-refractivity contribution in [3.8, 4) is 5.75 Å². The predicted molar refractivity (Wildman–Crippen MR) is 59.8 cm³/mol. The van der Waals surface area contributed by atoms with E-state index in [1.165, 1.54) is 7.11 Å². The van der Waals surface area contributed by atoms with E-state index < -0.39 is 0 Å². The van der Waals surface area contributed by atoms with Gasteiger partial charge in [-0.05, 0) is 31.2 Å². The quantitative estimate of drug-likeness (QED) is 0.403. The minimum Gasteiger partial charge on any atom is -0.468 e. The van der Waals surface area contributed by atoms with Gasteiger partial charge in [-0.1, -0.05) is 0 Å². The van der Waals surface area contributed by atoms with Gasteiger partial charge in [0.2, 0.25) is 0 Å². The summed E-state index contributed by atoms with van der Waals surface area (Å²) >= 11 is 0. The minimum atomic E-state index is -0.0427. The van der Waals surface area contributed by atoms with Crippen molar-refractivity contribution in [3.63, 3.8) is 0 Å². The molecule has 0 saturated heterocycles. The molecule has 0 radical (unpaired) electrons. The highest BCUT2D eigenvalue weighted by Gasteiger charge is 2.04. The first-order valence-corrected chi connectivity index (χ1v) is 5.10. The van der Waals surface area contributed by atoms with Crippen LogP contribution in [0.4, 0.5) is 0 Å². The fourth-order valence-corrected chi connectivity index (χ4v) is 1.14. The van der Waals surface area contributed by atoms with Crippen LogP contribution in [0.3, 0.4) is 0 Å². The maximum Gasteiger partial charge on any atom is 0.189 e. The average molecular weight is 224 g/mol. The third kappa shape index (κ3) is 4.00. The van der Waals surface area contributed by atoms with Gasteiger partial charge in [0.15, 0.2) is 12.6 Å². The van der Waals surface area contributed by atoms with Gasteiger partial charge in [0.1, 0.15) is 12.4 Å². The lowest BCUT2D eigenvalue weighted by molar-refractivity contribution is 0.0224. The van der Waals surface area contributed by atoms with Gasteiger partial charge >= 0.3 is 0 Å². The number of hydrogen-bond donors (Lipinski definition) is 0. The van der Waals surface area contributed by atoms with Gasteiger partial charge in [-0.25, -0.2) is 0 Å². The number of ketones is 1. The maximum atomic E-state index is 11.4. The van der Waals surface area contributed by atoms with Crippen LogP contribution in [0.25, 0.3) is 0 Å². The van der Waals surface area contributed by atoms with Crippen LogP contribution in [-0.2, 0) is 9.47 Å². The van der Waals surface area contributed by atoms with Crippen molar-refractivity contribution >= 4 is 5.78 Å². The zero-order valence-corrected chi connectivity index (χ0v) is 9.56. The molecular formula is C12H16O4. The van der Waals surface area contributed by atoms with Crippen molar-refractivity contribution in [1.29, 1.82) is 0 Å². The van der Waals surface area contributed by atoms with E-state index in [-0.39, 0.29) is 19.2 Å². The van der Waals surface area contributed by atoms with Crippen molar-refractivity contribution in [3.05, 3.63) is 29.8 Å². The average Bonchev–Trinajstić information content (AvgIpc) is 2.30. The van der Waals surface area contributed by atoms with E-state index in [2.05, 4.69) is 0 Å². The topological polar surface area (TPSA) is 44.8 Å². The standard InChI is InChI=1S/C12H16O4/c1-3-15-9-16-11-6-4-10(5-7-11)12(13)8-14-2/h4-7H,3,8-9H2,1-2H3. The third-order valence-electron chi connectivity index (χ3n) is 1.96. The summed E-state index contributed by atoms with van der Waals surface area (Å²) in [4.78, 5) is 11.4. The molecule has 16 heavy (non-hydrogen) atoms. The summed E-state index contributed by atoms with van der Waals surface area (Å²) in [5.74, 6) is 0.640. The Hall–Kier alpha value is -1.39. The van der Waals surface area contributed by atoms with Crippen LogP contribution in [0.1, 0.15) is 17.3 Å². The molecule has 0 amide bonds. The Morgan fingerprint density at radius 1 is 1.25 bits per heavy atom. The van der Waals surface area contributed by atoms with Crippen LogP contribution < -0.4 is 4.74 Å². The summed E-state index contributed by atoms with van der Waals surface area (Å²) in [6.45, 7) is 2.83. The summed E-state index contributed by atoms with van der Waals surface area (Å²) in [6.07, 6.45) is 0. The fraction of sp³-hybridized carbons (Fsp3) is 0.417. The van der Waals surface area contributed by atoms with Crippen molar-refractivity contribution < 1.29 is 19.0 Å². The van der Waals surface area contributed by atoms with Gasteiger partial charge < -0.3 is 14.2 Å². The summed E-state index contributed by atoms with van der Waals surface area (Å²) in [5, 5.41) is 0. The highest BCUT2D eigenvalue weighted by atomic mass is 16.7. The van der Waals surface area contributed by atoms with Gasteiger partial charge in [-0.3, -0.25) is 4.79 Å². The molecule has 0 spiro atoms. The van der Waals surface area contributed by atoms with Gasteiger partial charge in [0.05, 0.1) is 0 Å². The fourth-order valence-electron chi connectivity index (χ4n) is 1.14. The number of carbonyl (C=O) groups is 1. The molecule has 0 aliphatic rings. The van der Waals surface area contributed by atoms with Gasteiger partial charge in [0.25, 0.3) is 0 Å². The molecule has 0 saturated carbocycles. The van der Waals surface area contributed by atoms with E-state index in [0.29, 0.717) is 17.9 Å². The first-order valence-electron chi connectivity index (χ1n) is 5.10. The van der Waals surface area contributed by atoms with Crippen LogP contribution in [0.15, 0.2) is 24.3 Å². The summed E-state index contributed by atoms with van der Waals surface area (Å²) in [7, 11) is 1.50. The Morgan fingerprint density at radius 3 is 2.50 bits per heavy atom. The van der Waals surface area contributed by atoms with E-state index in [1.54, 1.807) is 24.3 Å². The van der Waals surface area contributed by atoms with Crippen LogP contribution in [-0.4, -0.2) is 32.9 Å². The molecule has 4 heteroatoms. The maximum absolute atomic E-state index is 11.4. The molecule has 1 aromatic rings. The number of hydrogen-bond acceptors (Lipinski definition) is 4. The molecule has 0 aromatic heterocycles. The van der Waals surface area contributed by atoms with E-state index in [1.807, 2.05) is 6.92 Å². The van der Waals surface area contributed by atoms with Crippen molar-refractivity contribution in [2.75, 3.05) is 27.1 Å². The predicted octanol–water partition coefficient (Wildman–Crippen LogP) is 1.89. The van der Waals surface area contributed by atoms with Crippen LogP contribution >= 0.6 is 0 Å². The number of rotatable bonds is 7. The highest BCUT2D eigenvalue weighted by molar-refractivity contribution is 5.97. The lowest BCUT2D eigenvalue weighted by Gasteiger charge is -2.06. The Balaban J connectivity index is 2.50. The van der Waals surface area contributed by atoms with Gasteiger partial charge in [0, 0.05) is 19.3 Å². The molecule has 88 valence electrons. The molecule has 1 rings (SSSR count). The third-order valence-corrected chi connectivity index (χ3v) is 1.96. The molecule has 0 bridgehead atoms. The second kappa shape index (κ2) is 6.98. The molecule has 0 heterocycles. The number of methoxy groups -OCH3 is 1. The first-order chi connectivity index (χ1) is 7.77. The van der Waals surface area contributed by atoms with Crippen LogP contribution in [0.5, 0.6) is 5.75 Å². The molecule has 0 aliphatic carbocycles. The number of ether oxygens (including phenoxy) is 3. The van der Waals surface area contributed by atoms with Crippen molar-refractivity contribution in [1.82, 2.24) is 0 Å². The number of benzene rings is 1. The molecule has 0 unspecified atom stereocenters. The Labute approximate surface area is 95.1 Å². The lowest BCUT2D eigenvalue weighted by atomic mass is 10.1. The van der Waals surface area contributed by atoms with E-state index in [4.69, 9.17) is 14.2 Å². The van der Waals surface area contributed by atoms with Gasteiger partial charge in [-0.2, -0.15) is 0 Å². The largest absolute Gasteiger partial charge is 0.468 e. The second-order valence-corrected chi connectivity index (χ2v) is 3.14. The molecule has 0 N–H and O–H groups in total. The van der Waals surface area contributed by atoms with Crippen LogP contribution in [0.2, 0.25) is 0 Å². The summed E-state index contributed by atoms with van der Waals surface area (Å²) in [5.41, 5.74) is 0.616. The Kier molecular flexibility index (Phi) is 5.53. The van der Waals surface area contributed by atoms with Gasteiger partial charge in [-0.15, -0.1) is 0 Å². The number of carbonyl (C=O) groups excluding carboxylic acids is 1. The van der Waals surface area contributed by atoms with E-state index in [0.717, 1.165) is 0 Å². The SMILES string of the molecule is CCOCOc1ccc(C(=O)COC)cc1. The molecule has 4 nitrogen and oxygen atoms in total. The number of Topliss-reactive ketones (excluding diaryl/α,β-unsaturated/α-hetero) is 1. The second-order valence-electron chi connectivity index (χ2n) is 3.14. The molecule has 1 aromatic carbocycles. The zero-order chi connectivity index (χ0) is 11.8. The van der Waals surface area contributed by atoms with E-state index >= 15 is 0 Å². The summed E-state index contributed by atoms with van der Waals surface area (Å²) in [6, 6.07) is 6.90. The van der Waals surface area contributed by atoms with E-state index in [9.17, 15) is 4.79 Å². The lowest BCUT2D eigenvalue weighted by Crippen LogP contribution is -2.07. The molecule has 0 aliphatic heterocycles. The Bertz CT molecular complexity index is 318. The zero-order valence-electron chi connectivity index (χ0n) is 9.56. The molecule has 0 atom stereocenters. The molecular weight excluding hydrogens is 208 g/mol. The van der Waals surface area contributed by atoms with Crippen molar-refractivity contribution in [2.45, 2.75) is 6.92 Å². The van der Waals surface area contributed by atoms with Crippen LogP contribution in [0, 0.1) is 0 Å². The minimum absolute atomic E-state index is 0.0427. The monoisotopic (exact) mass is 224 g/mol. The summed E-state index contributed by atoms with van der Waals surface area (Å²) < 4.78 is 15.1. The highest BCUT2D eigenvalue weighted by Crippen LogP contribution is 2.12. The first kappa shape index (κ1) is 12.7. The van der Waals surface area contributed by atoms with Crippen molar-refractivity contribution in [2.24, 2.45) is 0 Å².